The van der Waals surface area contributed by atoms with Gasteiger partial charge >= 0.3 is 22.3 Å². The molecule has 0 radical (unpaired) electrons. The zero-order valence-corrected chi connectivity index (χ0v) is 9.84. The van der Waals surface area contributed by atoms with Crippen LogP contribution in [0, 0.1) is 0 Å². The van der Waals surface area contributed by atoms with Crippen LogP contribution < -0.4 is 10.0 Å². The smallest absolute Gasteiger partial charge is 0.287 e. The van der Waals surface area contributed by atoms with Gasteiger partial charge in [0.1, 0.15) is 0 Å². The first-order valence-corrected chi connectivity index (χ1v) is 6.04. The Morgan fingerprint density at radius 1 is 1.50 bits per heavy atom. The molecule has 0 fully saturated rings. The highest BCUT2D eigenvalue weighted by molar-refractivity contribution is 7.88. The second-order valence-corrected chi connectivity index (χ2v) is 4.63. The van der Waals surface area contributed by atoms with Crippen molar-refractivity contribution in [3.8, 4) is 0 Å². The van der Waals surface area contributed by atoms with Gasteiger partial charge in [-0.1, -0.05) is 6.92 Å². The third-order valence-electron chi connectivity index (χ3n) is 1.68. The predicted octanol–water partition coefficient (Wildman–Crippen LogP) is 0.0863. The van der Waals surface area contributed by atoms with E-state index in [9.17, 15) is 26.4 Å². The number of rotatable bonds is 4. The normalized spacial score (nSPS) is 12.4. The zero-order valence-electron chi connectivity index (χ0n) is 9.02. The van der Waals surface area contributed by atoms with Crippen molar-refractivity contribution in [2.45, 2.75) is 13.1 Å². The lowest BCUT2D eigenvalue weighted by Crippen LogP contribution is -2.34. The van der Waals surface area contributed by atoms with Gasteiger partial charge in [-0.2, -0.15) is 30.3 Å². The summed E-state index contributed by atoms with van der Waals surface area (Å²) in [6.07, 6.45) is -3.27. The third kappa shape index (κ3) is 3.20. The molecular weight excluding hydrogens is 277 g/mol. The molecule has 0 aliphatic rings. The summed E-state index contributed by atoms with van der Waals surface area (Å²) >= 11 is 0. The summed E-state index contributed by atoms with van der Waals surface area (Å²) in [5, 5.41) is 1.36. The van der Waals surface area contributed by atoms with E-state index in [1.807, 2.05) is 4.72 Å². The molecule has 0 saturated heterocycles. The summed E-state index contributed by atoms with van der Waals surface area (Å²) in [7, 11) is -4.07. The lowest BCUT2D eigenvalue weighted by molar-refractivity contribution is -0.167. The van der Waals surface area contributed by atoms with Crippen LogP contribution in [0.15, 0.2) is 12.4 Å². The molecule has 2 N–H and O–H groups in total. The number of hydrogen-bond donors (Lipinski definition) is 2. The Hall–Kier alpha value is -1.62. The zero-order chi connectivity index (χ0) is 14.0. The molecule has 0 unspecified atom stereocenters. The summed E-state index contributed by atoms with van der Waals surface area (Å²) in [6, 6.07) is 0. The number of alkyl halides is 3. The maximum atomic E-state index is 12.0. The van der Waals surface area contributed by atoms with Gasteiger partial charge in [-0.25, -0.2) is 4.98 Å². The standard InChI is InChI=1S/C7H9F3N4O3S/c1-2-12-18(16,17)14-4-3-11-6(14)13-5(15)7(8,9)10/h3-4,12H,2H2,1H3,(H,11,13,15). The van der Waals surface area contributed by atoms with Gasteiger partial charge in [0.2, 0.25) is 5.95 Å². The van der Waals surface area contributed by atoms with E-state index in [2.05, 4.69) is 4.98 Å². The number of imidazole rings is 1. The fourth-order valence-corrected chi connectivity index (χ4v) is 2.04. The molecule has 18 heavy (non-hydrogen) atoms. The van der Waals surface area contributed by atoms with Gasteiger partial charge in [-0.05, 0) is 0 Å². The average molecular weight is 286 g/mol. The van der Waals surface area contributed by atoms with Gasteiger partial charge in [0.05, 0.1) is 0 Å². The molecule has 0 bridgehead atoms. The number of carbonyl (C=O) groups is 1. The van der Waals surface area contributed by atoms with Gasteiger partial charge in [-0.3, -0.25) is 10.1 Å². The maximum Gasteiger partial charge on any atom is 0.471 e. The Balaban J connectivity index is 3.01. The van der Waals surface area contributed by atoms with Crippen LogP contribution in [0.25, 0.3) is 0 Å². The number of aromatic nitrogens is 2. The number of nitrogens with one attached hydrogen (secondary N) is 2. The Labute approximate surface area is 100 Å². The largest absolute Gasteiger partial charge is 0.471 e. The number of carbonyl (C=O) groups excluding carboxylic acids is 1. The first-order valence-electron chi connectivity index (χ1n) is 4.60. The summed E-state index contributed by atoms with van der Waals surface area (Å²) in [5.74, 6) is -3.04. The molecule has 0 spiro atoms. The lowest BCUT2D eigenvalue weighted by atomic mass is 10.6. The van der Waals surface area contributed by atoms with Crippen molar-refractivity contribution < 1.29 is 26.4 Å². The highest BCUT2D eigenvalue weighted by atomic mass is 32.2. The Bertz CT molecular complexity index is 536. The third-order valence-corrected chi connectivity index (χ3v) is 3.14. The van der Waals surface area contributed by atoms with Gasteiger partial charge in [-0.15, -0.1) is 0 Å². The summed E-state index contributed by atoms with van der Waals surface area (Å²) in [4.78, 5) is 14.0. The number of amides is 1. The molecule has 1 amide bonds. The quantitative estimate of drug-likeness (QED) is 0.820. The molecular formula is C7H9F3N4O3S. The van der Waals surface area contributed by atoms with Crippen LogP contribution in [0.5, 0.6) is 0 Å². The van der Waals surface area contributed by atoms with Gasteiger partial charge < -0.3 is 0 Å². The number of hydrogen-bond acceptors (Lipinski definition) is 4. The number of nitrogens with zero attached hydrogens (tertiary/aromatic N) is 2. The van der Waals surface area contributed by atoms with Crippen molar-refractivity contribution in [2.24, 2.45) is 0 Å². The van der Waals surface area contributed by atoms with Gasteiger partial charge in [0, 0.05) is 18.9 Å². The van der Waals surface area contributed by atoms with Crippen LogP contribution in [-0.2, 0) is 15.0 Å². The van der Waals surface area contributed by atoms with Crippen molar-refractivity contribution in [2.75, 3.05) is 11.9 Å². The molecule has 0 saturated carbocycles. The SMILES string of the molecule is CCNS(=O)(=O)n1ccnc1NC(=O)C(F)(F)F. The molecule has 0 aliphatic heterocycles. The second kappa shape index (κ2) is 4.94. The van der Waals surface area contributed by atoms with Crippen molar-refractivity contribution in [1.29, 1.82) is 0 Å². The van der Waals surface area contributed by atoms with E-state index < -0.39 is 28.2 Å². The highest BCUT2D eigenvalue weighted by Gasteiger charge is 2.39. The minimum absolute atomic E-state index is 0.0349. The molecule has 1 aromatic heterocycles. The fourth-order valence-electron chi connectivity index (χ4n) is 0.998. The monoisotopic (exact) mass is 286 g/mol. The van der Waals surface area contributed by atoms with Crippen LogP contribution in [0.4, 0.5) is 19.1 Å². The molecule has 0 atom stereocenters. The molecule has 0 aliphatic carbocycles. The van der Waals surface area contributed by atoms with Crippen LogP contribution in [0.3, 0.4) is 0 Å². The second-order valence-electron chi connectivity index (χ2n) is 3.00. The Morgan fingerprint density at radius 2 is 2.11 bits per heavy atom. The van der Waals surface area contributed by atoms with E-state index in [1.165, 1.54) is 12.2 Å². The first-order chi connectivity index (χ1) is 8.18. The molecule has 11 heteroatoms. The lowest BCUT2D eigenvalue weighted by Gasteiger charge is -2.10. The minimum Gasteiger partial charge on any atom is -0.287 e. The predicted molar refractivity (Wildman–Crippen MR) is 54.9 cm³/mol. The van der Waals surface area contributed by atoms with Crippen LogP contribution in [0.1, 0.15) is 6.92 Å². The Kier molecular flexibility index (Phi) is 3.96. The van der Waals surface area contributed by atoms with Gasteiger partial charge in [0.25, 0.3) is 0 Å². The molecule has 102 valence electrons. The van der Waals surface area contributed by atoms with Crippen LogP contribution in [0.2, 0.25) is 0 Å². The Morgan fingerprint density at radius 3 is 2.61 bits per heavy atom. The molecule has 7 nitrogen and oxygen atoms in total. The number of anilines is 1. The van der Waals surface area contributed by atoms with E-state index in [4.69, 9.17) is 0 Å². The molecule has 0 aromatic carbocycles. The van der Waals surface area contributed by atoms with Crippen molar-refractivity contribution in [3.63, 3.8) is 0 Å². The average Bonchev–Trinajstić information content (AvgIpc) is 2.64. The van der Waals surface area contributed by atoms with E-state index in [0.29, 0.717) is 3.97 Å². The molecule has 1 rings (SSSR count). The van der Waals surface area contributed by atoms with Gasteiger partial charge in [0.15, 0.2) is 0 Å². The summed E-state index contributed by atoms with van der Waals surface area (Å²) in [5.41, 5.74) is 0. The molecule has 1 aromatic rings. The van der Waals surface area contributed by atoms with E-state index in [0.717, 1.165) is 12.4 Å². The molecule has 1 heterocycles. The first kappa shape index (κ1) is 14.4. The van der Waals surface area contributed by atoms with E-state index >= 15 is 0 Å². The van der Waals surface area contributed by atoms with E-state index in [1.54, 1.807) is 0 Å². The highest BCUT2D eigenvalue weighted by Crippen LogP contribution is 2.17. The fraction of sp³-hybridized carbons (Fsp3) is 0.429. The van der Waals surface area contributed by atoms with Crippen molar-refractivity contribution in [1.82, 2.24) is 13.7 Å². The summed E-state index contributed by atoms with van der Waals surface area (Å²) in [6.45, 7) is 1.52. The van der Waals surface area contributed by atoms with E-state index in [-0.39, 0.29) is 6.54 Å². The number of halogens is 3. The van der Waals surface area contributed by atoms with Crippen molar-refractivity contribution >= 4 is 22.1 Å². The minimum atomic E-state index is -5.13. The topological polar surface area (TPSA) is 93.1 Å². The summed E-state index contributed by atoms with van der Waals surface area (Å²) < 4.78 is 61.5. The van der Waals surface area contributed by atoms with Crippen LogP contribution in [-0.4, -0.2) is 36.0 Å². The maximum absolute atomic E-state index is 12.0. The van der Waals surface area contributed by atoms with Crippen LogP contribution >= 0.6 is 0 Å². The van der Waals surface area contributed by atoms with Crippen molar-refractivity contribution in [3.05, 3.63) is 12.4 Å².